The van der Waals surface area contributed by atoms with Crippen LogP contribution in [0.2, 0.25) is 0 Å². The Balaban J connectivity index is 1.86. The van der Waals surface area contributed by atoms with E-state index in [1.807, 2.05) is 36.4 Å². The van der Waals surface area contributed by atoms with Crippen molar-refractivity contribution in [3.05, 3.63) is 107 Å². The van der Waals surface area contributed by atoms with Gasteiger partial charge in [0.25, 0.3) is 0 Å². The molecule has 0 bridgehead atoms. The largest absolute Gasteiger partial charge is 0.207 e. The first-order valence-electron chi connectivity index (χ1n) is 7.58. The average Bonchev–Trinajstić information content (AvgIpc) is 2.57. The van der Waals surface area contributed by atoms with Crippen molar-refractivity contribution in [1.82, 2.24) is 0 Å². The van der Waals surface area contributed by atoms with Gasteiger partial charge in [-0.1, -0.05) is 66.7 Å². The lowest BCUT2D eigenvalue weighted by Crippen LogP contribution is -2.03. The Hall–Kier alpha value is -2.41. The van der Waals surface area contributed by atoms with Crippen molar-refractivity contribution in [3.63, 3.8) is 0 Å². The Morgan fingerprint density at radius 2 is 1.55 bits per heavy atom. The highest BCUT2D eigenvalue weighted by Crippen LogP contribution is 2.29. The van der Waals surface area contributed by atoms with Crippen molar-refractivity contribution in [2.45, 2.75) is 18.8 Å². The maximum atomic E-state index is 13.6. The molecule has 0 spiro atoms. The molecule has 22 heavy (non-hydrogen) atoms. The van der Waals surface area contributed by atoms with Gasteiger partial charge in [-0.25, -0.2) is 4.39 Å². The number of hydrogen-bond donors (Lipinski definition) is 0. The molecule has 3 aromatic rings. The maximum absolute atomic E-state index is 13.6. The third kappa shape index (κ3) is 3.62. The predicted octanol–water partition coefficient (Wildman–Crippen LogP) is 5.39. The molecule has 0 heterocycles. The van der Waals surface area contributed by atoms with Gasteiger partial charge in [0.1, 0.15) is 5.82 Å². The predicted molar refractivity (Wildman–Crippen MR) is 88.3 cm³/mol. The minimum Gasteiger partial charge on any atom is -0.207 e. The molecule has 1 unspecified atom stereocenters. The van der Waals surface area contributed by atoms with Crippen LogP contribution in [0.4, 0.5) is 4.39 Å². The third-order valence-electron chi connectivity index (χ3n) is 3.96. The molecule has 0 aliphatic carbocycles. The van der Waals surface area contributed by atoms with E-state index in [2.05, 4.69) is 30.3 Å². The second kappa shape index (κ2) is 7.04. The molecule has 0 aromatic heterocycles. The average molecular weight is 289 g/mol. The second-order valence-corrected chi connectivity index (χ2v) is 5.47. The number of benzene rings is 3. The molecule has 1 radical (unpaired) electrons. The van der Waals surface area contributed by atoms with Crippen LogP contribution in [0.1, 0.15) is 29.0 Å². The lowest BCUT2D eigenvalue weighted by atomic mass is 9.86. The summed E-state index contributed by atoms with van der Waals surface area (Å²) in [5.74, 6) is 0.0360. The summed E-state index contributed by atoms with van der Waals surface area (Å²) in [6.45, 7) is 0. The summed E-state index contributed by atoms with van der Waals surface area (Å²) in [7, 11) is 0. The molecule has 0 saturated carbocycles. The van der Waals surface area contributed by atoms with Gasteiger partial charge in [0, 0.05) is 5.92 Å². The lowest BCUT2D eigenvalue weighted by Gasteiger charge is -2.18. The molecule has 3 rings (SSSR count). The Kier molecular flexibility index (Phi) is 4.65. The topological polar surface area (TPSA) is 0 Å². The number of aryl methyl sites for hydroxylation is 1. The van der Waals surface area contributed by atoms with Gasteiger partial charge >= 0.3 is 0 Å². The van der Waals surface area contributed by atoms with Crippen LogP contribution in [0.3, 0.4) is 0 Å². The highest BCUT2D eigenvalue weighted by atomic mass is 19.1. The van der Waals surface area contributed by atoms with Crippen LogP contribution in [0.15, 0.2) is 78.9 Å². The van der Waals surface area contributed by atoms with E-state index >= 15 is 0 Å². The fourth-order valence-corrected chi connectivity index (χ4v) is 2.83. The zero-order valence-electron chi connectivity index (χ0n) is 12.4. The summed E-state index contributed by atoms with van der Waals surface area (Å²) in [6.07, 6.45) is 1.92. The molecule has 1 heteroatoms. The fourth-order valence-electron chi connectivity index (χ4n) is 2.83. The van der Waals surface area contributed by atoms with E-state index in [-0.39, 0.29) is 11.7 Å². The molecular weight excluding hydrogens is 271 g/mol. The van der Waals surface area contributed by atoms with Crippen LogP contribution in [0.25, 0.3) is 0 Å². The molecule has 0 fully saturated rings. The first-order valence-corrected chi connectivity index (χ1v) is 7.58. The van der Waals surface area contributed by atoms with E-state index in [0.29, 0.717) is 0 Å². The first kappa shape index (κ1) is 14.5. The summed E-state index contributed by atoms with van der Waals surface area (Å²) < 4.78 is 13.6. The van der Waals surface area contributed by atoms with E-state index in [9.17, 15) is 4.39 Å². The first-order chi connectivity index (χ1) is 10.8. The summed E-state index contributed by atoms with van der Waals surface area (Å²) in [6, 6.07) is 28.4. The minimum absolute atomic E-state index is 0.173. The van der Waals surface area contributed by atoms with Gasteiger partial charge in [0.2, 0.25) is 0 Å². The highest BCUT2D eigenvalue weighted by molar-refractivity contribution is 5.33. The van der Waals surface area contributed by atoms with Crippen molar-refractivity contribution in [3.8, 4) is 0 Å². The molecule has 1 atom stereocenters. The van der Waals surface area contributed by atoms with Gasteiger partial charge in [-0.2, -0.15) is 0 Å². The Bertz CT molecular complexity index is 704. The molecule has 0 nitrogen and oxygen atoms in total. The molecule has 0 amide bonds. The van der Waals surface area contributed by atoms with Crippen molar-refractivity contribution in [2.75, 3.05) is 0 Å². The minimum atomic E-state index is -0.173. The molecule has 0 aliphatic heterocycles. The standard InChI is InChI=1S/C21H18F/c22-20-13-7-12-19(16-20)21(18-10-5-2-6-11-18)15-14-17-8-3-1-4-9-17/h2-13,16,21H,14-15H2. The highest BCUT2D eigenvalue weighted by Gasteiger charge is 2.14. The van der Waals surface area contributed by atoms with E-state index in [1.54, 1.807) is 12.1 Å². The third-order valence-corrected chi connectivity index (χ3v) is 3.96. The zero-order chi connectivity index (χ0) is 15.2. The number of hydrogen-bond acceptors (Lipinski definition) is 0. The number of rotatable bonds is 5. The molecule has 0 saturated heterocycles. The molecular formula is C21H18F. The molecule has 3 aromatic carbocycles. The monoisotopic (exact) mass is 289 g/mol. The van der Waals surface area contributed by atoms with Gasteiger partial charge in [-0.3, -0.25) is 0 Å². The van der Waals surface area contributed by atoms with Crippen LogP contribution < -0.4 is 0 Å². The number of halogens is 1. The van der Waals surface area contributed by atoms with E-state index in [1.165, 1.54) is 17.2 Å². The van der Waals surface area contributed by atoms with Crippen LogP contribution in [-0.4, -0.2) is 0 Å². The normalized spacial score (nSPS) is 12.0. The fraction of sp³-hybridized carbons (Fsp3) is 0.143. The van der Waals surface area contributed by atoms with Crippen molar-refractivity contribution in [2.24, 2.45) is 0 Å². The van der Waals surface area contributed by atoms with E-state index in [4.69, 9.17) is 0 Å². The van der Waals surface area contributed by atoms with Gasteiger partial charge in [-0.15, -0.1) is 0 Å². The quantitative estimate of drug-likeness (QED) is 0.590. The van der Waals surface area contributed by atoms with Crippen LogP contribution in [0.5, 0.6) is 0 Å². The van der Waals surface area contributed by atoms with Crippen molar-refractivity contribution < 1.29 is 4.39 Å². The molecule has 0 N–H and O–H groups in total. The van der Waals surface area contributed by atoms with Crippen molar-refractivity contribution >= 4 is 0 Å². The molecule has 0 aliphatic rings. The summed E-state index contributed by atoms with van der Waals surface area (Å²) in [4.78, 5) is 0. The summed E-state index contributed by atoms with van der Waals surface area (Å²) >= 11 is 0. The Labute approximate surface area is 131 Å². The van der Waals surface area contributed by atoms with Gasteiger partial charge < -0.3 is 0 Å². The summed E-state index contributed by atoms with van der Waals surface area (Å²) in [5.41, 5.74) is 3.56. The Morgan fingerprint density at radius 3 is 2.27 bits per heavy atom. The van der Waals surface area contributed by atoms with Crippen molar-refractivity contribution in [1.29, 1.82) is 0 Å². The Morgan fingerprint density at radius 1 is 0.818 bits per heavy atom. The van der Waals surface area contributed by atoms with Gasteiger partial charge in [-0.05, 0) is 47.7 Å². The zero-order valence-corrected chi connectivity index (χ0v) is 12.4. The SMILES string of the molecule is Fc1cccc(C(CCc2cc[c]cc2)c2ccccc2)c1. The van der Waals surface area contributed by atoms with E-state index < -0.39 is 0 Å². The van der Waals surface area contributed by atoms with Crippen LogP contribution in [-0.2, 0) is 6.42 Å². The smallest absolute Gasteiger partial charge is 0.123 e. The van der Waals surface area contributed by atoms with E-state index in [0.717, 1.165) is 18.4 Å². The maximum Gasteiger partial charge on any atom is 0.123 e. The second-order valence-electron chi connectivity index (χ2n) is 5.47. The molecule has 109 valence electrons. The van der Waals surface area contributed by atoms with Gasteiger partial charge in [0.15, 0.2) is 0 Å². The summed E-state index contributed by atoms with van der Waals surface area (Å²) in [5, 5.41) is 0. The van der Waals surface area contributed by atoms with Crippen LogP contribution in [0, 0.1) is 11.9 Å². The van der Waals surface area contributed by atoms with Crippen LogP contribution >= 0.6 is 0 Å². The lowest BCUT2D eigenvalue weighted by molar-refractivity contribution is 0.620. The van der Waals surface area contributed by atoms with Gasteiger partial charge in [0.05, 0.1) is 0 Å².